The van der Waals surface area contributed by atoms with E-state index < -0.39 is 0 Å². The number of allylic oxidation sites excluding steroid dienone is 2. The molecular formula is C16H30S. The number of unbranched alkanes of at least 4 members (excludes halogenated alkanes) is 6. The molecule has 0 fully saturated rings. The molecule has 17 heavy (non-hydrogen) atoms. The highest BCUT2D eigenvalue weighted by Crippen LogP contribution is 2.17. The smallest absolute Gasteiger partial charge is 0.00259 e. The summed E-state index contributed by atoms with van der Waals surface area (Å²) in [5.74, 6) is 1.27. The van der Waals surface area contributed by atoms with Gasteiger partial charge in [0.15, 0.2) is 0 Å². The second-order valence-corrected chi connectivity index (χ2v) is 5.62. The van der Waals surface area contributed by atoms with Crippen LogP contribution in [-0.4, -0.2) is 5.75 Å². The standard InChI is InChI=1S/C16H30S/c1-4-7-9-11-13-16(6-3)15-17-14-12-10-8-5-2/h6,15H,3-5,7-14H2,1-2H3/b16-15+. The van der Waals surface area contributed by atoms with Crippen LogP contribution >= 0.6 is 11.8 Å². The lowest BCUT2D eigenvalue weighted by atomic mass is 10.1. The summed E-state index contributed by atoms with van der Waals surface area (Å²) in [6.07, 6.45) is 14.1. The molecule has 0 aromatic rings. The summed E-state index contributed by atoms with van der Waals surface area (Å²) in [5.41, 5.74) is 1.43. The Bertz CT molecular complexity index is 194. The Balaban J connectivity index is 3.52. The molecule has 0 spiro atoms. The summed E-state index contributed by atoms with van der Waals surface area (Å²) in [7, 11) is 0. The van der Waals surface area contributed by atoms with Crippen LogP contribution in [0.1, 0.15) is 71.6 Å². The van der Waals surface area contributed by atoms with Crippen LogP contribution in [0.2, 0.25) is 0 Å². The molecule has 0 N–H and O–H groups in total. The zero-order chi connectivity index (χ0) is 12.8. The summed E-state index contributed by atoms with van der Waals surface area (Å²) in [4.78, 5) is 0. The lowest BCUT2D eigenvalue weighted by molar-refractivity contribution is 0.668. The third kappa shape index (κ3) is 12.1. The molecule has 0 amide bonds. The molecule has 0 nitrogen and oxygen atoms in total. The van der Waals surface area contributed by atoms with Crippen molar-refractivity contribution >= 4 is 11.8 Å². The normalized spacial score (nSPS) is 11.8. The number of hydrogen-bond acceptors (Lipinski definition) is 1. The quantitative estimate of drug-likeness (QED) is 0.289. The minimum absolute atomic E-state index is 1.21. The van der Waals surface area contributed by atoms with Crippen molar-refractivity contribution in [2.45, 2.75) is 71.6 Å². The Morgan fingerprint density at radius 2 is 1.59 bits per heavy atom. The lowest BCUT2D eigenvalue weighted by Gasteiger charge is -2.02. The maximum absolute atomic E-state index is 3.91. The minimum Gasteiger partial charge on any atom is -0.134 e. The average molecular weight is 254 g/mol. The van der Waals surface area contributed by atoms with Crippen LogP contribution in [0.5, 0.6) is 0 Å². The van der Waals surface area contributed by atoms with Crippen molar-refractivity contribution in [3.63, 3.8) is 0 Å². The van der Waals surface area contributed by atoms with E-state index in [-0.39, 0.29) is 0 Å². The fourth-order valence-corrected chi connectivity index (χ4v) is 2.66. The third-order valence-corrected chi connectivity index (χ3v) is 3.93. The van der Waals surface area contributed by atoms with Gasteiger partial charge in [-0.25, -0.2) is 0 Å². The number of thioether (sulfide) groups is 1. The molecule has 0 aliphatic rings. The highest BCUT2D eigenvalue weighted by Gasteiger charge is 1.94. The van der Waals surface area contributed by atoms with Gasteiger partial charge in [-0.15, -0.1) is 11.8 Å². The summed E-state index contributed by atoms with van der Waals surface area (Å²) in [6, 6.07) is 0. The van der Waals surface area contributed by atoms with E-state index in [9.17, 15) is 0 Å². The van der Waals surface area contributed by atoms with Crippen molar-refractivity contribution in [2.24, 2.45) is 0 Å². The van der Waals surface area contributed by atoms with Crippen molar-refractivity contribution in [1.29, 1.82) is 0 Å². The van der Waals surface area contributed by atoms with Crippen molar-refractivity contribution in [1.82, 2.24) is 0 Å². The van der Waals surface area contributed by atoms with E-state index >= 15 is 0 Å². The summed E-state index contributed by atoms with van der Waals surface area (Å²) >= 11 is 1.97. The predicted molar refractivity (Wildman–Crippen MR) is 83.6 cm³/mol. The maximum Gasteiger partial charge on any atom is -0.00259 e. The second-order valence-electron chi connectivity index (χ2n) is 4.64. The Hall–Kier alpha value is -0.170. The molecule has 0 atom stereocenters. The van der Waals surface area contributed by atoms with Gasteiger partial charge in [-0.05, 0) is 36.0 Å². The zero-order valence-corrected chi connectivity index (χ0v) is 12.7. The molecule has 0 aliphatic carbocycles. The highest BCUT2D eigenvalue weighted by molar-refractivity contribution is 8.02. The van der Waals surface area contributed by atoms with Gasteiger partial charge in [0.05, 0.1) is 0 Å². The van der Waals surface area contributed by atoms with E-state index in [0.717, 1.165) is 0 Å². The zero-order valence-electron chi connectivity index (χ0n) is 11.8. The second kappa shape index (κ2) is 13.9. The Morgan fingerprint density at radius 1 is 0.941 bits per heavy atom. The van der Waals surface area contributed by atoms with E-state index in [0.29, 0.717) is 0 Å². The van der Waals surface area contributed by atoms with Gasteiger partial charge in [-0.3, -0.25) is 0 Å². The first kappa shape index (κ1) is 16.8. The molecular weight excluding hydrogens is 224 g/mol. The van der Waals surface area contributed by atoms with Gasteiger partial charge in [-0.2, -0.15) is 0 Å². The van der Waals surface area contributed by atoms with Gasteiger partial charge in [0.25, 0.3) is 0 Å². The Labute approximate surface area is 113 Å². The van der Waals surface area contributed by atoms with Crippen molar-refractivity contribution in [3.8, 4) is 0 Å². The van der Waals surface area contributed by atoms with Crippen molar-refractivity contribution < 1.29 is 0 Å². The van der Waals surface area contributed by atoms with E-state index in [1.807, 2.05) is 17.8 Å². The summed E-state index contributed by atoms with van der Waals surface area (Å²) in [6.45, 7) is 8.43. The third-order valence-electron chi connectivity index (χ3n) is 2.93. The number of hydrogen-bond donors (Lipinski definition) is 0. The van der Waals surface area contributed by atoms with Crippen LogP contribution in [0.3, 0.4) is 0 Å². The van der Waals surface area contributed by atoms with Crippen LogP contribution in [0.25, 0.3) is 0 Å². The van der Waals surface area contributed by atoms with Crippen LogP contribution < -0.4 is 0 Å². The largest absolute Gasteiger partial charge is 0.134 e. The molecule has 0 saturated heterocycles. The SMILES string of the molecule is C=C/C(=C\SCCCCCC)CCCCCC. The summed E-state index contributed by atoms with van der Waals surface area (Å²) < 4.78 is 0. The molecule has 0 aliphatic heterocycles. The Morgan fingerprint density at radius 3 is 2.18 bits per heavy atom. The predicted octanol–water partition coefficient (Wildman–Crippen LogP) is 6.34. The first-order chi connectivity index (χ1) is 8.35. The molecule has 0 saturated carbocycles. The molecule has 100 valence electrons. The first-order valence-electron chi connectivity index (χ1n) is 7.28. The molecule has 1 heteroatoms. The van der Waals surface area contributed by atoms with Crippen LogP contribution in [0.4, 0.5) is 0 Å². The molecule has 0 radical (unpaired) electrons. The number of rotatable bonds is 12. The van der Waals surface area contributed by atoms with Gasteiger partial charge in [0.1, 0.15) is 0 Å². The average Bonchev–Trinajstić information content (AvgIpc) is 2.36. The molecule has 0 aromatic carbocycles. The van der Waals surface area contributed by atoms with E-state index in [2.05, 4.69) is 25.8 Å². The van der Waals surface area contributed by atoms with E-state index in [1.54, 1.807) is 0 Å². The Kier molecular flexibility index (Phi) is 13.8. The fraction of sp³-hybridized carbons (Fsp3) is 0.750. The van der Waals surface area contributed by atoms with E-state index in [4.69, 9.17) is 0 Å². The monoisotopic (exact) mass is 254 g/mol. The fourth-order valence-electron chi connectivity index (χ4n) is 1.74. The molecule has 0 bridgehead atoms. The maximum atomic E-state index is 3.91. The van der Waals surface area contributed by atoms with Crippen molar-refractivity contribution in [2.75, 3.05) is 5.75 Å². The molecule has 0 aromatic heterocycles. The van der Waals surface area contributed by atoms with Crippen LogP contribution in [0.15, 0.2) is 23.6 Å². The molecule has 0 rings (SSSR count). The topological polar surface area (TPSA) is 0 Å². The van der Waals surface area contributed by atoms with Crippen LogP contribution in [0, 0.1) is 0 Å². The molecule has 0 heterocycles. The lowest BCUT2D eigenvalue weighted by Crippen LogP contribution is -1.82. The van der Waals surface area contributed by atoms with Crippen LogP contribution in [-0.2, 0) is 0 Å². The minimum atomic E-state index is 1.21. The summed E-state index contributed by atoms with van der Waals surface area (Å²) in [5, 5.41) is 2.32. The first-order valence-corrected chi connectivity index (χ1v) is 8.33. The highest BCUT2D eigenvalue weighted by atomic mass is 32.2. The van der Waals surface area contributed by atoms with Gasteiger partial charge >= 0.3 is 0 Å². The van der Waals surface area contributed by atoms with Crippen molar-refractivity contribution in [3.05, 3.63) is 23.6 Å². The van der Waals surface area contributed by atoms with Gasteiger partial charge in [-0.1, -0.05) is 65.0 Å². The van der Waals surface area contributed by atoms with E-state index in [1.165, 1.54) is 69.1 Å². The molecule has 0 unspecified atom stereocenters. The van der Waals surface area contributed by atoms with Gasteiger partial charge in [0.2, 0.25) is 0 Å². The van der Waals surface area contributed by atoms with Gasteiger partial charge in [0, 0.05) is 0 Å². The van der Waals surface area contributed by atoms with Gasteiger partial charge < -0.3 is 0 Å².